The summed E-state index contributed by atoms with van der Waals surface area (Å²) in [5, 5.41) is 3.14. The van der Waals surface area contributed by atoms with Crippen molar-refractivity contribution in [1.82, 2.24) is 9.47 Å². The normalized spacial score (nSPS) is 13.8. The lowest BCUT2D eigenvalue weighted by atomic mass is 9.88. The molecule has 1 heterocycles. The van der Waals surface area contributed by atoms with Crippen LogP contribution in [0.4, 0.5) is 85.1 Å². The zero-order valence-electron chi connectivity index (χ0n) is 27.9. The molecule has 56 heavy (non-hydrogen) atoms. The van der Waals surface area contributed by atoms with Gasteiger partial charge in [0.1, 0.15) is 12.1 Å². The van der Waals surface area contributed by atoms with Gasteiger partial charge in [-0.05, 0) is 38.4 Å². The first-order valence-corrected chi connectivity index (χ1v) is 14.5. The molecule has 0 saturated carbocycles. The summed E-state index contributed by atoms with van der Waals surface area (Å²) in [5.41, 5.74) is 6.93. The van der Waals surface area contributed by atoms with Gasteiger partial charge in [0, 0.05) is 22.2 Å². The number of carbonyl (C=O) groups excluding carboxylic acids is 3. The number of azide groups is 1. The summed E-state index contributed by atoms with van der Waals surface area (Å²) in [4.78, 5) is 41.6. The van der Waals surface area contributed by atoms with E-state index < -0.39 is 103 Å². The van der Waals surface area contributed by atoms with E-state index in [1.54, 1.807) is 0 Å². The van der Waals surface area contributed by atoms with Gasteiger partial charge in [0.05, 0.1) is 30.7 Å². The molecule has 0 fully saturated rings. The summed E-state index contributed by atoms with van der Waals surface area (Å²) in [5.74, 6) is -59.2. The predicted molar refractivity (Wildman–Crippen MR) is 153 cm³/mol. The number of hydrogen-bond acceptors (Lipinski definition) is 6. The van der Waals surface area contributed by atoms with E-state index in [1.165, 1.54) is 32.9 Å². The number of rotatable bonds is 14. The zero-order chi connectivity index (χ0) is 43.9. The molecule has 1 aromatic heterocycles. The van der Waals surface area contributed by atoms with Crippen molar-refractivity contribution < 1.29 is 98.5 Å². The third-order valence-electron chi connectivity index (χ3n) is 7.12. The minimum Gasteiger partial charge on any atom is -0.464 e. The molecule has 0 aliphatic rings. The minimum absolute atomic E-state index is 0.0798. The highest BCUT2D eigenvalue weighted by Gasteiger charge is 2.95. The minimum atomic E-state index is -8.80. The highest BCUT2D eigenvalue weighted by molar-refractivity contribution is 6.10. The van der Waals surface area contributed by atoms with Crippen molar-refractivity contribution >= 4 is 34.6 Å². The third-order valence-corrected chi connectivity index (χ3v) is 7.12. The van der Waals surface area contributed by atoms with Crippen LogP contribution in [0.3, 0.4) is 0 Å². The number of nitrogens with zero attached hydrogens (tertiary/aromatic N) is 5. The van der Waals surface area contributed by atoms with Gasteiger partial charge in [-0.1, -0.05) is 17.1 Å². The SMILES string of the molecule is C#CCN(CC(=O)OCCC(F)(F)C(F)(F)C(F)(F)C(F)(F)C(F)(F)C(F)(F)C(F)(F)C(F)(F)F)C(=O)c1cn(C(=O)OC(C)(C)C)c2ccc(N=[N+]=[N-])cc12. The van der Waals surface area contributed by atoms with Crippen molar-refractivity contribution in [3.8, 4) is 12.3 Å². The van der Waals surface area contributed by atoms with Gasteiger partial charge in [-0.25, -0.2) is 4.79 Å². The van der Waals surface area contributed by atoms with E-state index in [0.717, 1.165) is 16.8 Å². The number of halogens is 17. The molecule has 10 nitrogen and oxygen atoms in total. The molecule has 27 heteroatoms. The molecule has 0 radical (unpaired) electrons. The third kappa shape index (κ3) is 8.19. The standard InChI is InChI=1S/C29H22F17N5O5/c1-5-9-50(19(53)16-12-51(20(54)56-21(2,3)4)17-7-6-14(48-49-47)11-15(16)17)13-18(52)55-10-8-22(30,31)23(32,33)24(34,35)25(36,37)26(38,39)27(40,41)28(42,43)29(44,45)46/h1,6-7,11-12H,8-10,13H2,2-4H3. The van der Waals surface area contributed by atoms with Crippen LogP contribution >= 0.6 is 0 Å². The van der Waals surface area contributed by atoms with Crippen LogP contribution in [0.2, 0.25) is 0 Å². The Hall–Kier alpha value is -5.15. The Labute approximate surface area is 301 Å². The Morgan fingerprint density at radius 1 is 0.821 bits per heavy atom. The molecule has 0 aliphatic carbocycles. The van der Waals surface area contributed by atoms with Crippen LogP contribution < -0.4 is 0 Å². The summed E-state index contributed by atoms with van der Waals surface area (Å²) in [6, 6.07) is 3.44. The van der Waals surface area contributed by atoms with Gasteiger partial charge in [-0.15, -0.1) is 6.42 Å². The predicted octanol–water partition coefficient (Wildman–Crippen LogP) is 9.38. The van der Waals surface area contributed by atoms with E-state index >= 15 is 0 Å². The summed E-state index contributed by atoms with van der Waals surface area (Å²) in [6.07, 6.45) is -6.03. The van der Waals surface area contributed by atoms with Crippen molar-refractivity contribution in [2.75, 3.05) is 19.7 Å². The number of carbonyl (C=O) groups is 3. The maximum absolute atomic E-state index is 14.2. The monoisotopic (exact) mass is 843 g/mol. The number of hydrogen-bond donors (Lipinski definition) is 0. The fraction of sp³-hybridized carbons (Fsp3) is 0.552. The van der Waals surface area contributed by atoms with Gasteiger partial charge in [0.2, 0.25) is 0 Å². The fourth-order valence-corrected chi connectivity index (χ4v) is 4.29. The van der Waals surface area contributed by atoms with Crippen molar-refractivity contribution in [3.63, 3.8) is 0 Å². The van der Waals surface area contributed by atoms with Gasteiger partial charge < -0.3 is 14.4 Å². The van der Waals surface area contributed by atoms with Gasteiger partial charge in [0.15, 0.2) is 0 Å². The van der Waals surface area contributed by atoms with E-state index in [1.807, 2.05) is 5.92 Å². The molecule has 0 saturated heterocycles. The summed E-state index contributed by atoms with van der Waals surface area (Å²) >= 11 is 0. The molecular formula is C29H22F17N5O5. The zero-order valence-corrected chi connectivity index (χ0v) is 27.9. The highest BCUT2D eigenvalue weighted by Crippen LogP contribution is 2.64. The topological polar surface area (TPSA) is 127 Å². The number of terminal acetylenes is 1. The number of amides is 1. The van der Waals surface area contributed by atoms with Crippen LogP contribution in [-0.2, 0) is 14.3 Å². The number of esters is 1. The maximum atomic E-state index is 14.2. The van der Waals surface area contributed by atoms with Gasteiger partial charge >= 0.3 is 59.7 Å². The van der Waals surface area contributed by atoms with E-state index in [4.69, 9.17) is 16.7 Å². The van der Waals surface area contributed by atoms with E-state index in [9.17, 15) is 89.0 Å². The van der Waals surface area contributed by atoms with Crippen molar-refractivity contribution in [2.45, 2.75) is 80.4 Å². The molecular weight excluding hydrogens is 821 g/mol. The lowest BCUT2D eigenvalue weighted by Crippen LogP contribution is -2.74. The maximum Gasteiger partial charge on any atom is 0.460 e. The van der Waals surface area contributed by atoms with Crippen LogP contribution in [0.5, 0.6) is 0 Å². The molecule has 2 aromatic rings. The van der Waals surface area contributed by atoms with Crippen LogP contribution in [0.1, 0.15) is 37.6 Å². The van der Waals surface area contributed by atoms with E-state index in [2.05, 4.69) is 14.8 Å². The molecule has 0 atom stereocenters. The Kier molecular flexibility index (Phi) is 12.6. The van der Waals surface area contributed by atoms with Crippen LogP contribution in [0, 0.1) is 12.3 Å². The Balaban J connectivity index is 2.38. The Morgan fingerprint density at radius 3 is 1.79 bits per heavy atom. The largest absolute Gasteiger partial charge is 0.464 e. The average Bonchev–Trinajstić information content (AvgIpc) is 3.41. The number of fused-ring (bicyclic) bond motifs is 1. The number of ether oxygens (including phenoxy) is 2. The molecule has 0 aliphatic heterocycles. The first-order chi connectivity index (χ1) is 25.0. The summed E-state index contributed by atoms with van der Waals surface area (Å²) in [6.45, 7) is -0.187. The number of benzene rings is 1. The quantitative estimate of drug-likeness (QED) is 0.0468. The van der Waals surface area contributed by atoms with Gasteiger partial charge in [-0.2, -0.15) is 74.6 Å². The summed E-state index contributed by atoms with van der Waals surface area (Å²) in [7, 11) is 0. The van der Waals surface area contributed by atoms with Crippen LogP contribution in [0.15, 0.2) is 29.5 Å². The van der Waals surface area contributed by atoms with Crippen LogP contribution in [0.25, 0.3) is 21.3 Å². The molecule has 0 bridgehead atoms. The molecule has 2 rings (SSSR count). The molecule has 1 amide bonds. The second-order valence-electron chi connectivity index (χ2n) is 12.3. The van der Waals surface area contributed by atoms with E-state index in [0.29, 0.717) is 4.90 Å². The fourth-order valence-electron chi connectivity index (χ4n) is 4.29. The average molecular weight is 843 g/mol. The van der Waals surface area contributed by atoms with E-state index in [-0.39, 0.29) is 16.6 Å². The molecule has 312 valence electrons. The van der Waals surface area contributed by atoms with Gasteiger partial charge in [-0.3, -0.25) is 14.2 Å². The van der Waals surface area contributed by atoms with Crippen molar-refractivity contribution in [3.05, 3.63) is 40.4 Å². The second kappa shape index (κ2) is 15.1. The summed E-state index contributed by atoms with van der Waals surface area (Å²) < 4.78 is 240. The molecule has 1 aromatic carbocycles. The smallest absolute Gasteiger partial charge is 0.460 e. The first kappa shape index (κ1) is 47.0. The molecule has 0 unspecified atom stereocenters. The van der Waals surface area contributed by atoms with Gasteiger partial charge in [0.25, 0.3) is 5.91 Å². The number of alkyl halides is 17. The lowest BCUT2D eigenvalue weighted by Gasteiger charge is -2.42. The first-order valence-electron chi connectivity index (χ1n) is 14.5. The molecule has 0 N–H and O–H groups in total. The second-order valence-corrected chi connectivity index (χ2v) is 12.3. The Bertz CT molecular complexity index is 1920. The molecule has 0 spiro atoms. The lowest BCUT2D eigenvalue weighted by molar-refractivity contribution is -0.461. The van der Waals surface area contributed by atoms with Crippen LogP contribution in [-0.4, -0.2) is 100 Å². The van der Waals surface area contributed by atoms with Crippen molar-refractivity contribution in [1.29, 1.82) is 0 Å². The number of aromatic nitrogens is 1. The highest BCUT2D eigenvalue weighted by atomic mass is 19.4. The Morgan fingerprint density at radius 2 is 1.32 bits per heavy atom. The van der Waals surface area contributed by atoms with Crippen molar-refractivity contribution in [2.24, 2.45) is 5.11 Å².